The zero-order valence-corrected chi connectivity index (χ0v) is 18.0. The minimum absolute atomic E-state index is 0.0311. The van der Waals surface area contributed by atoms with E-state index in [4.69, 9.17) is 0 Å². The van der Waals surface area contributed by atoms with Crippen LogP contribution in [0.25, 0.3) is 22.5 Å². The number of nitrogens with one attached hydrogen (secondary N) is 1. The minimum atomic E-state index is -4.42. The van der Waals surface area contributed by atoms with Gasteiger partial charge in [-0.1, -0.05) is 17.3 Å². The van der Waals surface area contributed by atoms with E-state index in [1.165, 1.54) is 46.9 Å². The van der Waals surface area contributed by atoms with Gasteiger partial charge in [-0.2, -0.15) is 13.2 Å². The first-order valence-electron chi connectivity index (χ1n) is 9.99. The molecule has 1 aliphatic rings. The fourth-order valence-electron chi connectivity index (χ4n) is 3.75. The molecule has 0 aliphatic carbocycles. The molecule has 174 valence electrons. The van der Waals surface area contributed by atoms with Crippen molar-refractivity contribution in [2.45, 2.75) is 17.5 Å². The predicted molar refractivity (Wildman–Crippen MR) is 115 cm³/mol. The number of alkyl halides is 3. The Labute approximate surface area is 190 Å². The Morgan fingerprint density at radius 1 is 0.971 bits per heavy atom. The molecular formula is C22H15F3N4O4S. The zero-order valence-electron chi connectivity index (χ0n) is 17.2. The van der Waals surface area contributed by atoms with Crippen LogP contribution in [0.1, 0.15) is 11.1 Å². The van der Waals surface area contributed by atoms with Crippen LogP contribution in [0.3, 0.4) is 0 Å². The molecule has 0 saturated heterocycles. The molecule has 3 heterocycles. The van der Waals surface area contributed by atoms with Crippen molar-refractivity contribution < 1.29 is 26.1 Å². The van der Waals surface area contributed by atoms with Gasteiger partial charge in [0.2, 0.25) is 0 Å². The van der Waals surface area contributed by atoms with Crippen LogP contribution in [0.4, 0.5) is 19.0 Å². The molecule has 12 heteroatoms. The van der Waals surface area contributed by atoms with Gasteiger partial charge >= 0.3 is 11.9 Å². The number of benzene rings is 2. The highest BCUT2D eigenvalue weighted by atomic mass is 32.2. The SMILES string of the molecule is O=c1[nH]c(-c2ccc(S(=O)(=O)N3CCc4cc(-c5ccc(C(F)(F)F)cc5)cnc43)cc2)no1. The molecule has 0 saturated carbocycles. The van der Waals surface area contributed by atoms with Gasteiger partial charge in [-0.05, 0) is 60.0 Å². The number of hydrogen-bond donors (Lipinski definition) is 1. The molecule has 1 aliphatic heterocycles. The van der Waals surface area contributed by atoms with Crippen LogP contribution in [0.5, 0.6) is 0 Å². The summed E-state index contributed by atoms with van der Waals surface area (Å²) >= 11 is 0. The van der Waals surface area contributed by atoms with Gasteiger partial charge in [0.1, 0.15) is 5.82 Å². The number of aromatic nitrogens is 3. The number of nitrogens with zero attached hydrogens (tertiary/aromatic N) is 3. The number of pyridine rings is 1. The second-order valence-corrected chi connectivity index (χ2v) is 9.44. The van der Waals surface area contributed by atoms with Crippen molar-refractivity contribution in [2.75, 3.05) is 10.8 Å². The lowest BCUT2D eigenvalue weighted by molar-refractivity contribution is -0.137. The molecule has 0 atom stereocenters. The molecule has 4 aromatic rings. The molecule has 8 nitrogen and oxygen atoms in total. The number of fused-ring (bicyclic) bond motifs is 1. The van der Waals surface area contributed by atoms with E-state index in [1.807, 2.05) is 0 Å². The van der Waals surface area contributed by atoms with Crippen molar-refractivity contribution in [1.82, 2.24) is 15.1 Å². The summed E-state index contributed by atoms with van der Waals surface area (Å²) in [5.74, 6) is -0.263. The van der Waals surface area contributed by atoms with Crippen LogP contribution in [-0.4, -0.2) is 30.1 Å². The van der Waals surface area contributed by atoms with Crippen LogP contribution in [0.2, 0.25) is 0 Å². The lowest BCUT2D eigenvalue weighted by Crippen LogP contribution is -2.29. The van der Waals surface area contributed by atoms with Crippen LogP contribution in [-0.2, 0) is 22.6 Å². The fraction of sp³-hybridized carbons (Fsp3) is 0.136. The lowest BCUT2D eigenvalue weighted by atomic mass is 10.0. The summed E-state index contributed by atoms with van der Waals surface area (Å²) in [6.07, 6.45) is -2.57. The maximum absolute atomic E-state index is 13.2. The van der Waals surface area contributed by atoms with Gasteiger partial charge in [0.05, 0.1) is 10.5 Å². The van der Waals surface area contributed by atoms with E-state index < -0.39 is 27.5 Å². The highest BCUT2D eigenvalue weighted by Gasteiger charge is 2.33. The number of aromatic amines is 1. The van der Waals surface area contributed by atoms with E-state index in [1.54, 1.807) is 6.07 Å². The van der Waals surface area contributed by atoms with Gasteiger partial charge in [0.15, 0.2) is 5.82 Å². The van der Waals surface area contributed by atoms with Gasteiger partial charge < -0.3 is 0 Å². The van der Waals surface area contributed by atoms with Crippen LogP contribution in [0.15, 0.2) is 75.0 Å². The van der Waals surface area contributed by atoms with E-state index in [2.05, 4.69) is 19.6 Å². The third-order valence-electron chi connectivity index (χ3n) is 5.46. The maximum atomic E-state index is 13.2. The number of anilines is 1. The predicted octanol–water partition coefficient (Wildman–Crippen LogP) is 3.86. The molecule has 5 rings (SSSR count). The van der Waals surface area contributed by atoms with E-state index in [0.717, 1.165) is 12.1 Å². The maximum Gasteiger partial charge on any atom is 0.439 e. The summed E-state index contributed by atoms with van der Waals surface area (Å²) in [6, 6.07) is 12.2. The minimum Gasteiger partial charge on any atom is -0.296 e. The van der Waals surface area contributed by atoms with Crippen LogP contribution in [0, 0.1) is 0 Å². The normalized spacial score (nSPS) is 13.8. The van der Waals surface area contributed by atoms with Crippen molar-refractivity contribution in [2.24, 2.45) is 0 Å². The molecule has 2 aromatic heterocycles. The third kappa shape index (κ3) is 3.85. The van der Waals surface area contributed by atoms with E-state index in [9.17, 15) is 26.4 Å². The van der Waals surface area contributed by atoms with Crippen molar-refractivity contribution in [1.29, 1.82) is 0 Å². The molecule has 0 fully saturated rings. The van der Waals surface area contributed by atoms with Gasteiger partial charge in [-0.15, -0.1) is 0 Å². The average molecular weight is 488 g/mol. The van der Waals surface area contributed by atoms with Gasteiger partial charge in [-0.3, -0.25) is 9.51 Å². The van der Waals surface area contributed by atoms with Crippen molar-refractivity contribution >= 4 is 15.8 Å². The van der Waals surface area contributed by atoms with Crippen LogP contribution < -0.4 is 10.1 Å². The Morgan fingerprint density at radius 3 is 2.26 bits per heavy atom. The number of rotatable bonds is 4. The summed E-state index contributed by atoms with van der Waals surface area (Å²) in [5.41, 5.74) is 1.55. The smallest absolute Gasteiger partial charge is 0.296 e. The quantitative estimate of drug-likeness (QED) is 0.467. The Kier molecular flexibility index (Phi) is 5.04. The number of hydrogen-bond acceptors (Lipinski definition) is 6. The molecule has 2 aromatic carbocycles. The van der Waals surface area contributed by atoms with Gasteiger partial charge in [0, 0.05) is 23.9 Å². The van der Waals surface area contributed by atoms with Crippen molar-refractivity contribution in [3.8, 4) is 22.5 Å². The molecule has 0 bridgehead atoms. The second kappa shape index (κ2) is 7.83. The topological polar surface area (TPSA) is 109 Å². The molecule has 1 N–H and O–H groups in total. The number of sulfonamides is 1. The Bertz CT molecular complexity index is 1530. The highest BCUT2D eigenvalue weighted by molar-refractivity contribution is 7.92. The first-order valence-corrected chi connectivity index (χ1v) is 11.4. The van der Waals surface area contributed by atoms with E-state index in [-0.39, 0.29) is 23.1 Å². The standard InChI is InChI=1S/C22H15F3N4O4S/c23-22(24,25)17-5-1-13(2-6-17)16-11-15-9-10-29(20(15)26-12-16)34(31,32)18-7-3-14(4-8-18)19-27-21(30)33-28-19/h1-8,11-12H,9-10H2,(H,27,28,30). The van der Waals surface area contributed by atoms with Gasteiger partial charge in [-0.25, -0.2) is 22.5 Å². The Balaban J connectivity index is 1.41. The summed E-state index contributed by atoms with van der Waals surface area (Å²) in [4.78, 5) is 17.8. The van der Waals surface area contributed by atoms with Crippen molar-refractivity contribution in [3.63, 3.8) is 0 Å². The molecule has 0 unspecified atom stereocenters. The molecular weight excluding hydrogens is 473 g/mol. The highest BCUT2D eigenvalue weighted by Crippen LogP contribution is 2.35. The average Bonchev–Trinajstić information content (AvgIpc) is 3.45. The molecule has 0 amide bonds. The summed E-state index contributed by atoms with van der Waals surface area (Å²) in [6.45, 7) is 0.180. The lowest BCUT2D eigenvalue weighted by Gasteiger charge is -2.19. The monoisotopic (exact) mass is 488 g/mol. The first kappa shape index (κ1) is 21.9. The zero-order chi connectivity index (χ0) is 24.1. The van der Waals surface area contributed by atoms with Crippen molar-refractivity contribution in [3.05, 3.63) is 82.5 Å². The molecule has 0 radical (unpaired) electrons. The largest absolute Gasteiger partial charge is 0.439 e. The number of H-pyrrole nitrogens is 1. The van der Waals surface area contributed by atoms with E-state index in [0.29, 0.717) is 28.7 Å². The Hall–Kier alpha value is -3.93. The third-order valence-corrected chi connectivity index (χ3v) is 7.27. The first-order chi connectivity index (χ1) is 16.1. The molecule has 34 heavy (non-hydrogen) atoms. The Morgan fingerprint density at radius 2 is 1.65 bits per heavy atom. The van der Waals surface area contributed by atoms with Crippen LogP contribution >= 0.6 is 0 Å². The summed E-state index contributed by atoms with van der Waals surface area (Å²) < 4.78 is 70.5. The summed E-state index contributed by atoms with van der Waals surface area (Å²) in [5, 5.41) is 3.57. The fourth-order valence-corrected chi connectivity index (χ4v) is 5.21. The molecule has 0 spiro atoms. The number of halogens is 3. The van der Waals surface area contributed by atoms with Gasteiger partial charge in [0.25, 0.3) is 10.0 Å². The second-order valence-electron chi connectivity index (χ2n) is 7.58. The van der Waals surface area contributed by atoms with E-state index >= 15 is 0 Å². The summed E-state index contributed by atoms with van der Waals surface area (Å²) in [7, 11) is -3.92.